The Hall–Kier alpha value is -8.11. The highest BCUT2D eigenvalue weighted by atomic mass is 32.2. The second kappa shape index (κ2) is 18.3. The summed E-state index contributed by atoms with van der Waals surface area (Å²) in [6, 6.07) is 59.6. The highest BCUT2D eigenvalue weighted by Gasteiger charge is 2.29. The molecule has 8 aromatic rings. The van der Waals surface area contributed by atoms with Crippen LogP contribution in [0.25, 0.3) is 22.3 Å². The Labute approximate surface area is 380 Å². The predicted molar refractivity (Wildman–Crippen MR) is 252 cm³/mol. The van der Waals surface area contributed by atoms with E-state index < -0.39 is 9.84 Å². The molecule has 0 aromatic heterocycles. The zero-order valence-corrected chi connectivity index (χ0v) is 37.0. The minimum atomic E-state index is -4.09. The fourth-order valence-electron chi connectivity index (χ4n) is 7.93. The summed E-state index contributed by atoms with van der Waals surface area (Å²) in [7, 11) is -4.09. The van der Waals surface area contributed by atoms with E-state index in [0.717, 1.165) is 33.4 Å². The van der Waals surface area contributed by atoms with Gasteiger partial charge in [0.2, 0.25) is 9.84 Å². The molecule has 9 heteroatoms. The van der Waals surface area contributed by atoms with E-state index in [2.05, 4.69) is 27.7 Å². The monoisotopic (exact) mass is 872 g/mol. The Bertz CT molecular complexity index is 3120. The molecule has 0 heterocycles. The Morgan fingerprint density at radius 2 is 0.754 bits per heavy atom. The van der Waals surface area contributed by atoms with Crippen molar-refractivity contribution in [1.29, 1.82) is 10.5 Å². The lowest BCUT2D eigenvalue weighted by Crippen LogP contribution is -2.18. The van der Waals surface area contributed by atoms with E-state index >= 15 is 0 Å². The molecule has 320 valence electrons. The molecule has 0 atom stereocenters. The third-order valence-electron chi connectivity index (χ3n) is 11.8. The van der Waals surface area contributed by atoms with Crippen molar-refractivity contribution >= 4 is 9.84 Å². The van der Waals surface area contributed by atoms with Crippen LogP contribution in [0.4, 0.5) is 0 Å². The average molecular weight is 873 g/mol. The van der Waals surface area contributed by atoms with Crippen molar-refractivity contribution < 1.29 is 27.4 Å². The maximum Gasteiger partial charge on any atom is 0.292 e. The van der Waals surface area contributed by atoms with Crippen molar-refractivity contribution in [2.45, 2.75) is 48.3 Å². The smallest absolute Gasteiger partial charge is 0.292 e. The van der Waals surface area contributed by atoms with Gasteiger partial charge >= 0.3 is 0 Å². The van der Waals surface area contributed by atoms with Crippen molar-refractivity contribution in [2.75, 3.05) is 0 Å². The molecule has 0 N–H and O–H groups in total. The molecule has 0 amide bonds. The summed E-state index contributed by atoms with van der Waals surface area (Å²) in [6.45, 7) is 8.49. The number of nitriles is 2. The lowest BCUT2D eigenvalue weighted by Gasteiger charge is -2.26. The van der Waals surface area contributed by atoms with Crippen LogP contribution in [0.1, 0.15) is 49.9 Å². The Morgan fingerprint density at radius 1 is 0.400 bits per heavy atom. The topological polar surface area (TPSA) is 119 Å². The number of ether oxygens (including phenoxy) is 4. The summed E-state index contributed by atoms with van der Waals surface area (Å²) in [4.78, 5) is 0.251. The van der Waals surface area contributed by atoms with Crippen LogP contribution in [0, 0.1) is 23.0 Å². The van der Waals surface area contributed by atoms with Gasteiger partial charge in [-0.3, -0.25) is 0 Å². The van der Waals surface area contributed by atoms with Crippen LogP contribution in [0.3, 0.4) is 0 Å². The summed E-state index contributed by atoms with van der Waals surface area (Å²) in [5, 5.41) is 17.7. The molecule has 0 saturated carbocycles. The van der Waals surface area contributed by atoms with Gasteiger partial charge in [0.15, 0.2) is 0 Å². The lowest BCUT2D eigenvalue weighted by molar-refractivity contribution is 0.481. The van der Waals surface area contributed by atoms with Crippen LogP contribution in [0.2, 0.25) is 0 Å². The molecule has 0 fully saturated rings. The molecule has 8 nitrogen and oxygen atoms in total. The molecule has 0 radical (unpaired) electrons. The van der Waals surface area contributed by atoms with Crippen molar-refractivity contribution in [1.82, 2.24) is 0 Å². The van der Waals surface area contributed by atoms with Crippen molar-refractivity contribution in [3.05, 3.63) is 216 Å². The average Bonchev–Trinajstić information content (AvgIpc) is 3.33. The van der Waals surface area contributed by atoms with Gasteiger partial charge < -0.3 is 18.9 Å². The number of benzene rings is 8. The molecule has 8 aromatic carbocycles. The minimum absolute atomic E-state index is 0.114. The van der Waals surface area contributed by atoms with Crippen LogP contribution < -0.4 is 18.9 Å². The molecular formula is C56H44N2O6S. The molecule has 65 heavy (non-hydrogen) atoms. The maximum absolute atomic E-state index is 14.8. The first-order valence-corrected chi connectivity index (χ1v) is 22.4. The first-order valence-electron chi connectivity index (χ1n) is 20.9. The Kier molecular flexibility index (Phi) is 12.3. The van der Waals surface area contributed by atoms with E-state index in [0.29, 0.717) is 45.6 Å². The van der Waals surface area contributed by atoms with E-state index in [-0.39, 0.29) is 20.6 Å². The van der Waals surface area contributed by atoms with Crippen LogP contribution >= 0.6 is 0 Å². The normalized spacial score (nSPS) is 11.5. The van der Waals surface area contributed by atoms with E-state index in [9.17, 15) is 8.42 Å². The SMILES string of the molecule is CC(C)(c1ccc(OC#N)cc1)c1ccc(Oc2ccc(S(=O)(=O)c3ccc(Oc4ccc(C(C)(C)c5ccc(OC#N)cc5)cc4)c(-c4ccccc4)c3-c3ccccc3)cc2)cc1. The third-order valence-corrected chi connectivity index (χ3v) is 13.6. The molecule has 0 saturated heterocycles. The van der Waals surface area contributed by atoms with Gasteiger partial charge in [-0.15, -0.1) is 10.5 Å². The summed E-state index contributed by atoms with van der Waals surface area (Å²) < 4.78 is 52.4. The molecule has 0 bridgehead atoms. The predicted octanol–water partition coefficient (Wildman–Crippen LogP) is 13.8. The molecule has 0 aliphatic rings. The zero-order valence-electron chi connectivity index (χ0n) is 36.2. The number of nitrogens with zero attached hydrogens (tertiary/aromatic N) is 2. The van der Waals surface area contributed by atoms with E-state index in [1.54, 1.807) is 73.2 Å². The second-order valence-electron chi connectivity index (χ2n) is 16.5. The number of rotatable bonds is 14. The van der Waals surface area contributed by atoms with Gasteiger partial charge in [0, 0.05) is 22.0 Å². The maximum atomic E-state index is 14.8. The van der Waals surface area contributed by atoms with Gasteiger partial charge in [-0.2, -0.15) is 0 Å². The van der Waals surface area contributed by atoms with E-state index in [1.807, 2.05) is 133 Å². The number of hydrogen-bond acceptors (Lipinski definition) is 8. The highest BCUT2D eigenvalue weighted by molar-refractivity contribution is 7.91. The number of sulfone groups is 1. The highest BCUT2D eigenvalue weighted by Crippen LogP contribution is 2.46. The standard InChI is InChI=1S/C56H44N2O6S/c1-55(2,41-15-23-45(24-16-41)61-37-57)43-19-27-47(28-20-43)63-48-31-33-50(34-32-48)65(59,60)52-36-35-51(53(39-11-7-5-8-12-39)54(52)40-13-9-6-10-14-40)64-49-29-21-44(22-30-49)56(3,4)42-17-25-46(26-18-42)62-38-58/h5-36H,1-4H3. The Balaban J connectivity index is 1.09. The van der Waals surface area contributed by atoms with Crippen LogP contribution in [0.5, 0.6) is 34.5 Å². The molecule has 0 aliphatic heterocycles. The van der Waals surface area contributed by atoms with Crippen molar-refractivity contribution in [3.63, 3.8) is 0 Å². The van der Waals surface area contributed by atoms with Crippen LogP contribution in [-0.2, 0) is 20.7 Å². The van der Waals surface area contributed by atoms with Gasteiger partial charge in [0.05, 0.1) is 9.79 Å². The van der Waals surface area contributed by atoms with Crippen molar-refractivity contribution in [2.24, 2.45) is 0 Å². The van der Waals surface area contributed by atoms with Gasteiger partial charge in [-0.05, 0) is 118 Å². The van der Waals surface area contributed by atoms with E-state index in [4.69, 9.17) is 29.5 Å². The largest absolute Gasteiger partial charge is 0.457 e. The number of hydrogen-bond donors (Lipinski definition) is 0. The van der Waals surface area contributed by atoms with Gasteiger partial charge in [-0.25, -0.2) is 8.42 Å². The summed E-state index contributed by atoms with van der Waals surface area (Å²) in [6.07, 6.45) is 3.41. The van der Waals surface area contributed by atoms with Crippen LogP contribution in [0.15, 0.2) is 204 Å². The Morgan fingerprint density at radius 3 is 1.15 bits per heavy atom. The molecule has 8 rings (SSSR count). The fraction of sp³-hybridized carbons (Fsp3) is 0.107. The fourth-order valence-corrected chi connectivity index (χ4v) is 9.41. The summed E-state index contributed by atoms with van der Waals surface area (Å²) >= 11 is 0. The van der Waals surface area contributed by atoms with Crippen molar-refractivity contribution in [3.8, 4) is 69.3 Å². The first-order chi connectivity index (χ1) is 31.4. The quantitative estimate of drug-likeness (QED) is 0.0991. The summed E-state index contributed by atoms with van der Waals surface area (Å²) in [5.41, 5.74) is 6.19. The van der Waals surface area contributed by atoms with Crippen LogP contribution in [-0.4, -0.2) is 8.42 Å². The molecule has 0 spiro atoms. The first kappa shape index (κ1) is 43.5. The zero-order chi connectivity index (χ0) is 45.6. The third kappa shape index (κ3) is 9.19. The van der Waals surface area contributed by atoms with Gasteiger partial charge in [-0.1, -0.05) is 137 Å². The second-order valence-corrected chi connectivity index (χ2v) is 18.4. The minimum Gasteiger partial charge on any atom is -0.457 e. The van der Waals surface area contributed by atoms with Gasteiger partial charge in [0.1, 0.15) is 34.5 Å². The van der Waals surface area contributed by atoms with E-state index in [1.165, 1.54) is 0 Å². The lowest BCUT2D eigenvalue weighted by atomic mass is 9.78. The molecular weight excluding hydrogens is 829 g/mol. The summed E-state index contributed by atoms with van der Waals surface area (Å²) in [5.74, 6) is 3.13. The van der Waals surface area contributed by atoms with Gasteiger partial charge in [0.25, 0.3) is 12.5 Å². The molecule has 0 unspecified atom stereocenters. The molecule has 0 aliphatic carbocycles.